The number of fused-ring (bicyclic) bond motifs is 1. The van der Waals surface area contributed by atoms with Gasteiger partial charge in [0.05, 0.1) is 0 Å². The summed E-state index contributed by atoms with van der Waals surface area (Å²) >= 11 is 12.2. The highest BCUT2D eigenvalue weighted by Crippen LogP contribution is 2.22. The zero-order valence-electron chi connectivity index (χ0n) is 23.4. The Labute approximate surface area is 254 Å². The quantitative estimate of drug-likeness (QED) is 0.111. The number of para-hydroxylation sites is 1. The molecule has 0 atom stereocenters. The predicted octanol–water partition coefficient (Wildman–Crippen LogP) is 5.46. The van der Waals surface area contributed by atoms with E-state index >= 15 is 0 Å². The molecule has 2 heterocycles. The largest absolute Gasteiger partial charge is 0.453 e. The van der Waals surface area contributed by atoms with E-state index in [0.717, 1.165) is 43.3 Å². The molecular weight excluding hydrogens is 579 g/mol. The normalized spacial score (nSPS) is 11.2. The number of benzene rings is 2. The number of halogens is 2. The Morgan fingerprint density at radius 2 is 1.79 bits per heavy atom. The number of ether oxygens (including phenoxy) is 1. The number of nitrogen functional groups attached to an aromatic ring is 1. The molecule has 222 valence electrons. The minimum Gasteiger partial charge on any atom is -0.453 e. The molecular formula is C30H34Cl2N6O4. The third kappa shape index (κ3) is 9.15. The Hall–Kier alpha value is -3.70. The molecule has 12 heteroatoms. The maximum Gasteiger partial charge on any atom is 0.273 e. The van der Waals surface area contributed by atoms with Crippen LogP contribution in [-0.4, -0.2) is 66.5 Å². The van der Waals surface area contributed by atoms with Gasteiger partial charge < -0.3 is 30.4 Å². The van der Waals surface area contributed by atoms with Crippen molar-refractivity contribution >= 4 is 57.5 Å². The summed E-state index contributed by atoms with van der Waals surface area (Å²) in [5.41, 5.74) is 7.65. The van der Waals surface area contributed by atoms with Gasteiger partial charge in [-0.15, -0.1) is 0 Å². The molecule has 0 bridgehead atoms. The monoisotopic (exact) mass is 612 g/mol. The minimum absolute atomic E-state index is 0.00301. The minimum atomic E-state index is -0.422. The Kier molecular flexibility index (Phi) is 11.5. The van der Waals surface area contributed by atoms with Crippen LogP contribution in [0.2, 0.25) is 10.2 Å². The van der Waals surface area contributed by atoms with Gasteiger partial charge in [0.1, 0.15) is 12.2 Å². The van der Waals surface area contributed by atoms with Gasteiger partial charge in [-0.05, 0) is 62.7 Å². The van der Waals surface area contributed by atoms with Crippen molar-refractivity contribution in [3.63, 3.8) is 0 Å². The molecule has 4 rings (SSSR count). The number of ketones is 1. The Morgan fingerprint density at radius 1 is 1.02 bits per heavy atom. The van der Waals surface area contributed by atoms with Crippen molar-refractivity contribution in [1.29, 1.82) is 0 Å². The first-order chi connectivity index (χ1) is 20.3. The SMILES string of the molecule is CN(CCCCNC(=O)c1nc(Cl)c(NCc2ccc(Cl)cc2)nc1N)CCCOCC(=O)c1cc2ccccc2o1. The van der Waals surface area contributed by atoms with Gasteiger partial charge in [0.15, 0.2) is 28.2 Å². The van der Waals surface area contributed by atoms with E-state index in [1.807, 2.05) is 43.4 Å². The number of aromatic nitrogens is 2. The molecule has 0 saturated carbocycles. The Bertz CT molecular complexity index is 1460. The fourth-order valence-electron chi connectivity index (χ4n) is 4.19. The number of hydrogen-bond acceptors (Lipinski definition) is 9. The van der Waals surface area contributed by atoms with E-state index in [1.165, 1.54) is 0 Å². The first-order valence-corrected chi connectivity index (χ1v) is 14.4. The summed E-state index contributed by atoms with van der Waals surface area (Å²) in [6.07, 6.45) is 2.46. The van der Waals surface area contributed by atoms with Gasteiger partial charge in [0.25, 0.3) is 5.91 Å². The topological polar surface area (TPSA) is 136 Å². The van der Waals surface area contributed by atoms with Crippen molar-refractivity contribution < 1.29 is 18.7 Å². The van der Waals surface area contributed by atoms with Crippen LogP contribution in [0.25, 0.3) is 11.0 Å². The van der Waals surface area contributed by atoms with Crippen molar-refractivity contribution in [3.8, 4) is 0 Å². The summed E-state index contributed by atoms with van der Waals surface area (Å²) in [5, 5.41) is 7.51. The molecule has 42 heavy (non-hydrogen) atoms. The van der Waals surface area contributed by atoms with Crippen molar-refractivity contribution in [2.24, 2.45) is 0 Å². The number of nitrogens with two attached hydrogens (primary N) is 1. The third-order valence-electron chi connectivity index (χ3n) is 6.48. The lowest BCUT2D eigenvalue weighted by Crippen LogP contribution is -2.28. The van der Waals surface area contributed by atoms with Crippen molar-refractivity contribution in [1.82, 2.24) is 20.2 Å². The highest BCUT2D eigenvalue weighted by Gasteiger charge is 2.17. The smallest absolute Gasteiger partial charge is 0.273 e. The molecule has 0 aliphatic carbocycles. The average Bonchev–Trinajstić information content (AvgIpc) is 3.42. The number of unbranched alkanes of at least 4 members (excludes halogenated alkanes) is 1. The molecule has 1 amide bonds. The van der Waals surface area contributed by atoms with Crippen molar-refractivity contribution in [2.45, 2.75) is 25.8 Å². The number of carbonyl (C=O) groups excluding carboxylic acids is 2. The van der Waals surface area contributed by atoms with Gasteiger partial charge in [-0.3, -0.25) is 9.59 Å². The highest BCUT2D eigenvalue weighted by molar-refractivity contribution is 6.32. The molecule has 0 spiro atoms. The third-order valence-corrected chi connectivity index (χ3v) is 7.00. The van der Waals surface area contributed by atoms with Crippen molar-refractivity contribution in [3.05, 3.63) is 81.8 Å². The van der Waals surface area contributed by atoms with Crippen LogP contribution >= 0.6 is 23.2 Å². The first-order valence-electron chi connectivity index (χ1n) is 13.7. The number of Topliss-reactive ketones (excluding diaryl/α,β-unsaturated/α-hetero) is 1. The van der Waals surface area contributed by atoms with Gasteiger partial charge in [-0.1, -0.05) is 53.5 Å². The number of rotatable bonds is 16. The summed E-state index contributed by atoms with van der Waals surface area (Å²) in [5.74, 6) is 0.0216. The van der Waals surface area contributed by atoms with E-state index in [9.17, 15) is 9.59 Å². The molecule has 0 unspecified atom stereocenters. The zero-order chi connectivity index (χ0) is 29.9. The lowest BCUT2D eigenvalue weighted by atomic mass is 10.2. The zero-order valence-corrected chi connectivity index (χ0v) is 24.9. The van der Waals surface area contributed by atoms with Crippen LogP contribution < -0.4 is 16.4 Å². The molecule has 2 aromatic carbocycles. The molecule has 0 radical (unpaired) electrons. The maximum atomic E-state index is 12.6. The summed E-state index contributed by atoms with van der Waals surface area (Å²) in [7, 11) is 2.03. The average molecular weight is 614 g/mol. The van der Waals surface area contributed by atoms with Crippen LogP contribution in [0.5, 0.6) is 0 Å². The molecule has 4 N–H and O–H groups in total. The fourth-order valence-corrected chi connectivity index (χ4v) is 4.51. The standard InChI is InChI=1S/C30H34Cl2N6O4/c1-38(15-6-16-41-19-23(39)25-17-21-7-2-3-8-24(21)42-25)14-5-4-13-34-30(40)26-28(33)37-29(27(32)36-26)35-18-20-9-11-22(31)12-10-20/h2-3,7-12,17H,4-6,13-16,18-19H2,1H3,(H,34,40)(H3,33,35,37). The van der Waals surface area contributed by atoms with Gasteiger partial charge >= 0.3 is 0 Å². The lowest BCUT2D eigenvalue weighted by Gasteiger charge is -2.16. The molecule has 4 aromatic rings. The summed E-state index contributed by atoms with van der Waals surface area (Å²) < 4.78 is 11.1. The van der Waals surface area contributed by atoms with E-state index < -0.39 is 5.91 Å². The molecule has 0 saturated heterocycles. The number of anilines is 2. The molecule has 0 aliphatic rings. The van der Waals surface area contributed by atoms with E-state index in [-0.39, 0.29) is 29.1 Å². The van der Waals surface area contributed by atoms with Gasteiger partial charge in [0, 0.05) is 36.7 Å². The maximum absolute atomic E-state index is 12.6. The number of furan rings is 1. The summed E-state index contributed by atoms with van der Waals surface area (Å²) in [4.78, 5) is 35.4. The highest BCUT2D eigenvalue weighted by atomic mass is 35.5. The van der Waals surface area contributed by atoms with Crippen molar-refractivity contribution in [2.75, 3.05) is 50.9 Å². The molecule has 0 aliphatic heterocycles. The van der Waals surface area contributed by atoms with Crippen LogP contribution in [0, 0.1) is 0 Å². The predicted molar refractivity (Wildman–Crippen MR) is 165 cm³/mol. The van der Waals surface area contributed by atoms with E-state index in [0.29, 0.717) is 41.9 Å². The van der Waals surface area contributed by atoms with Crippen LogP contribution in [0.15, 0.2) is 59.0 Å². The van der Waals surface area contributed by atoms with Gasteiger partial charge in [-0.25, -0.2) is 9.97 Å². The second-order valence-corrected chi connectivity index (χ2v) is 10.6. The number of amides is 1. The van der Waals surface area contributed by atoms with E-state index in [1.54, 1.807) is 18.2 Å². The summed E-state index contributed by atoms with van der Waals surface area (Å²) in [6.45, 7) is 3.07. The first kappa shape index (κ1) is 31.2. The number of hydrogen-bond donors (Lipinski definition) is 3. The second-order valence-electron chi connectivity index (χ2n) is 9.82. The van der Waals surface area contributed by atoms with E-state index in [2.05, 4.69) is 25.5 Å². The van der Waals surface area contributed by atoms with E-state index in [4.69, 9.17) is 38.1 Å². The molecule has 0 fully saturated rings. The molecule has 10 nitrogen and oxygen atoms in total. The lowest BCUT2D eigenvalue weighted by molar-refractivity contribution is 0.0718. The Morgan fingerprint density at radius 3 is 2.57 bits per heavy atom. The molecule has 2 aromatic heterocycles. The number of carbonyl (C=O) groups is 2. The van der Waals surface area contributed by atoms with Gasteiger partial charge in [-0.2, -0.15) is 0 Å². The summed E-state index contributed by atoms with van der Waals surface area (Å²) in [6, 6.07) is 16.6. The van der Waals surface area contributed by atoms with Crippen LogP contribution in [0.3, 0.4) is 0 Å². The fraction of sp³-hybridized carbons (Fsp3) is 0.333. The van der Waals surface area contributed by atoms with Gasteiger partial charge in [0.2, 0.25) is 5.78 Å². The van der Waals surface area contributed by atoms with Crippen LogP contribution in [-0.2, 0) is 11.3 Å². The Balaban J connectivity index is 1.07. The van der Waals surface area contributed by atoms with Crippen LogP contribution in [0.1, 0.15) is 45.9 Å². The van der Waals surface area contributed by atoms with Crippen LogP contribution in [0.4, 0.5) is 11.6 Å². The number of nitrogens with one attached hydrogen (secondary N) is 2. The number of nitrogens with zero attached hydrogens (tertiary/aromatic N) is 3. The second kappa shape index (κ2) is 15.5.